The van der Waals surface area contributed by atoms with Crippen LogP contribution in [-0.4, -0.2) is 61.8 Å². The van der Waals surface area contributed by atoms with E-state index in [9.17, 15) is 9.59 Å². The van der Waals surface area contributed by atoms with Crippen molar-refractivity contribution in [2.75, 3.05) is 25.0 Å². The zero-order valence-electron chi connectivity index (χ0n) is 14.2. The SMILES string of the molecule is CC1(C)CN(C(=O)Cn2cc(NC(=O)c3cnccn3)cn2)CCO1. The molecule has 1 fully saturated rings. The van der Waals surface area contributed by atoms with Crippen molar-refractivity contribution in [1.82, 2.24) is 24.6 Å². The zero-order chi connectivity index (χ0) is 17.9. The number of aromatic nitrogens is 4. The molecule has 9 nitrogen and oxygen atoms in total. The Morgan fingerprint density at radius 1 is 1.32 bits per heavy atom. The van der Waals surface area contributed by atoms with Crippen LogP contribution < -0.4 is 5.32 Å². The standard InChI is InChI=1S/C16H20N6O3/c1-16(2)11-21(5-6-25-16)14(23)10-22-9-12(7-19-22)20-15(24)13-8-17-3-4-18-13/h3-4,7-9H,5-6,10-11H2,1-2H3,(H,20,24). The predicted octanol–water partition coefficient (Wildman–Crippen LogP) is 0.563. The van der Waals surface area contributed by atoms with E-state index in [0.29, 0.717) is 25.4 Å². The highest BCUT2D eigenvalue weighted by atomic mass is 16.5. The Bertz CT molecular complexity index is 758. The first-order valence-electron chi connectivity index (χ1n) is 7.94. The molecule has 25 heavy (non-hydrogen) atoms. The largest absolute Gasteiger partial charge is 0.372 e. The molecule has 3 rings (SSSR count). The van der Waals surface area contributed by atoms with Crippen molar-refractivity contribution >= 4 is 17.5 Å². The maximum absolute atomic E-state index is 12.4. The molecule has 1 N–H and O–H groups in total. The van der Waals surface area contributed by atoms with Crippen LogP contribution in [0.3, 0.4) is 0 Å². The normalized spacial score (nSPS) is 16.5. The fourth-order valence-corrected chi connectivity index (χ4v) is 2.59. The van der Waals surface area contributed by atoms with Gasteiger partial charge in [0.05, 0.1) is 30.3 Å². The highest BCUT2D eigenvalue weighted by Crippen LogP contribution is 2.17. The van der Waals surface area contributed by atoms with Crippen LogP contribution in [0.4, 0.5) is 5.69 Å². The molecule has 0 saturated carbocycles. The van der Waals surface area contributed by atoms with Crippen molar-refractivity contribution in [1.29, 1.82) is 0 Å². The second-order valence-corrected chi connectivity index (χ2v) is 6.39. The van der Waals surface area contributed by atoms with Gasteiger partial charge in [-0.1, -0.05) is 0 Å². The number of hydrogen-bond donors (Lipinski definition) is 1. The first kappa shape index (κ1) is 17.0. The lowest BCUT2D eigenvalue weighted by Gasteiger charge is -2.38. The summed E-state index contributed by atoms with van der Waals surface area (Å²) >= 11 is 0. The molecule has 0 aromatic carbocycles. The molecule has 0 aliphatic carbocycles. The van der Waals surface area contributed by atoms with Crippen LogP contribution in [0.15, 0.2) is 31.0 Å². The van der Waals surface area contributed by atoms with Gasteiger partial charge in [-0.3, -0.25) is 19.3 Å². The number of hydrogen-bond acceptors (Lipinski definition) is 6. The maximum Gasteiger partial charge on any atom is 0.275 e. The van der Waals surface area contributed by atoms with Gasteiger partial charge >= 0.3 is 0 Å². The Hall–Kier alpha value is -2.81. The average molecular weight is 344 g/mol. The molecule has 1 aliphatic heterocycles. The van der Waals surface area contributed by atoms with Crippen LogP contribution in [0, 0.1) is 0 Å². The molecule has 1 aliphatic rings. The molecule has 2 aromatic rings. The molecular formula is C16H20N6O3. The number of morpholine rings is 1. The van der Waals surface area contributed by atoms with Crippen LogP contribution in [0.1, 0.15) is 24.3 Å². The lowest BCUT2D eigenvalue weighted by atomic mass is 10.1. The van der Waals surface area contributed by atoms with Gasteiger partial charge in [0.1, 0.15) is 12.2 Å². The summed E-state index contributed by atoms with van der Waals surface area (Å²) in [6, 6.07) is 0. The number of carbonyl (C=O) groups excluding carboxylic acids is 2. The van der Waals surface area contributed by atoms with Crippen LogP contribution in [0.2, 0.25) is 0 Å². The molecule has 0 spiro atoms. The quantitative estimate of drug-likeness (QED) is 0.870. The van der Waals surface area contributed by atoms with Gasteiger partial charge in [-0.2, -0.15) is 5.10 Å². The second kappa shape index (κ2) is 6.98. The van der Waals surface area contributed by atoms with E-state index in [0.717, 1.165) is 0 Å². The number of rotatable bonds is 4. The Kier molecular flexibility index (Phi) is 4.75. The molecule has 2 aromatic heterocycles. The van der Waals surface area contributed by atoms with Crippen molar-refractivity contribution in [3.8, 4) is 0 Å². The van der Waals surface area contributed by atoms with Gasteiger partial charge in [-0.15, -0.1) is 0 Å². The lowest BCUT2D eigenvalue weighted by molar-refractivity contribution is -0.146. The summed E-state index contributed by atoms with van der Waals surface area (Å²) in [5.41, 5.74) is 0.362. The van der Waals surface area contributed by atoms with Gasteiger partial charge in [0, 0.05) is 31.7 Å². The van der Waals surface area contributed by atoms with Gasteiger partial charge in [0.25, 0.3) is 5.91 Å². The summed E-state index contributed by atoms with van der Waals surface area (Å²) < 4.78 is 7.11. The Balaban J connectivity index is 1.58. The summed E-state index contributed by atoms with van der Waals surface area (Å²) in [6.45, 7) is 5.67. The minimum Gasteiger partial charge on any atom is -0.372 e. The molecule has 1 saturated heterocycles. The molecule has 3 heterocycles. The first-order chi connectivity index (χ1) is 11.9. The van der Waals surface area contributed by atoms with E-state index in [1.807, 2.05) is 13.8 Å². The molecule has 0 atom stereocenters. The van der Waals surface area contributed by atoms with Crippen molar-refractivity contribution in [2.24, 2.45) is 0 Å². The van der Waals surface area contributed by atoms with Gasteiger partial charge in [0.2, 0.25) is 5.91 Å². The van der Waals surface area contributed by atoms with E-state index in [-0.39, 0.29) is 29.7 Å². The van der Waals surface area contributed by atoms with Gasteiger partial charge in [-0.25, -0.2) is 4.98 Å². The number of amides is 2. The van der Waals surface area contributed by atoms with E-state index >= 15 is 0 Å². The van der Waals surface area contributed by atoms with Crippen LogP contribution in [-0.2, 0) is 16.1 Å². The highest BCUT2D eigenvalue weighted by molar-refractivity contribution is 6.02. The zero-order valence-corrected chi connectivity index (χ0v) is 14.2. The third-order valence-electron chi connectivity index (χ3n) is 3.76. The van der Waals surface area contributed by atoms with Crippen molar-refractivity contribution in [2.45, 2.75) is 26.0 Å². The molecule has 0 bridgehead atoms. The number of nitrogens with zero attached hydrogens (tertiary/aromatic N) is 5. The number of anilines is 1. The summed E-state index contributed by atoms with van der Waals surface area (Å²) in [4.78, 5) is 34.0. The fourth-order valence-electron chi connectivity index (χ4n) is 2.59. The maximum atomic E-state index is 12.4. The summed E-state index contributed by atoms with van der Waals surface area (Å²) in [7, 11) is 0. The minimum atomic E-state index is -0.381. The number of nitrogens with one attached hydrogen (secondary N) is 1. The third-order valence-corrected chi connectivity index (χ3v) is 3.76. The lowest BCUT2D eigenvalue weighted by Crippen LogP contribution is -2.51. The van der Waals surface area contributed by atoms with Gasteiger partial charge in [-0.05, 0) is 13.8 Å². The van der Waals surface area contributed by atoms with E-state index in [1.54, 1.807) is 11.1 Å². The fraction of sp³-hybridized carbons (Fsp3) is 0.438. The topological polar surface area (TPSA) is 102 Å². The van der Waals surface area contributed by atoms with Crippen LogP contribution in [0.5, 0.6) is 0 Å². The first-order valence-corrected chi connectivity index (χ1v) is 7.94. The van der Waals surface area contributed by atoms with Gasteiger partial charge < -0.3 is 15.0 Å². The van der Waals surface area contributed by atoms with E-state index in [2.05, 4.69) is 20.4 Å². The molecule has 2 amide bonds. The van der Waals surface area contributed by atoms with Gasteiger partial charge in [0.15, 0.2) is 0 Å². The van der Waals surface area contributed by atoms with E-state index in [1.165, 1.54) is 29.5 Å². The van der Waals surface area contributed by atoms with Crippen molar-refractivity contribution < 1.29 is 14.3 Å². The smallest absolute Gasteiger partial charge is 0.275 e. The average Bonchev–Trinajstić information content (AvgIpc) is 3.01. The molecule has 9 heteroatoms. The van der Waals surface area contributed by atoms with Crippen LogP contribution in [0.25, 0.3) is 0 Å². The molecule has 0 radical (unpaired) electrons. The number of ether oxygens (including phenoxy) is 1. The summed E-state index contributed by atoms with van der Waals surface area (Å²) in [5.74, 6) is -0.416. The summed E-state index contributed by atoms with van der Waals surface area (Å²) in [6.07, 6.45) is 7.42. The Morgan fingerprint density at radius 2 is 2.16 bits per heavy atom. The minimum absolute atomic E-state index is 0.0359. The molecular weight excluding hydrogens is 324 g/mol. The third kappa shape index (κ3) is 4.38. The predicted molar refractivity (Wildman–Crippen MR) is 88.8 cm³/mol. The van der Waals surface area contributed by atoms with E-state index < -0.39 is 0 Å². The van der Waals surface area contributed by atoms with Crippen molar-refractivity contribution in [3.05, 3.63) is 36.7 Å². The van der Waals surface area contributed by atoms with Crippen LogP contribution >= 0.6 is 0 Å². The van der Waals surface area contributed by atoms with E-state index in [4.69, 9.17) is 4.74 Å². The molecule has 0 unspecified atom stereocenters. The highest BCUT2D eigenvalue weighted by Gasteiger charge is 2.29. The summed E-state index contributed by atoms with van der Waals surface area (Å²) in [5, 5.41) is 6.80. The van der Waals surface area contributed by atoms with Crippen molar-refractivity contribution in [3.63, 3.8) is 0 Å². The monoisotopic (exact) mass is 344 g/mol. The molecule has 132 valence electrons. The Morgan fingerprint density at radius 3 is 2.88 bits per heavy atom. The number of carbonyl (C=O) groups is 2. The Labute approximate surface area is 145 Å². The second-order valence-electron chi connectivity index (χ2n) is 6.39.